The fourth-order valence-electron chi connectivity index (χ4n) is 1.64. The quantitative estimate of drug-likeness (QED) is 0.935. The molecule has 2 nitrogen and oxygen atoms in total. The molecule has 0 radical (unpaired) electrons. The van der Waals surface area contributed by atoms with Gasteiger partial charge in [-0.1, -0.05) is 30.3 Å². The molecular formula is C14H13BrFNO. The number of ether oxygens (including phenoxy) is 1. The summed E-state index contributed by atoms with van der Waals surface area (Å²) in [5.74, 6) is 0.117. The highest BCUT2D eigenvalue weighted by molar-refractivity contribution is 9.10. The van der Waals surface area contributed by atoms with E-state index in [1.54, 1.807) is 6.07 Å². The Balaban J connectivity index is 2.23. The fourth-order valence-corrected chi connectivity index (χ4v) is 1.98. The minimum atomic E-state index is -0.336. The zero-order chi connectivity index (χ0) is 13.0. The summed E-state index contributed by atoms with van der Waals surface area (Å²) in [5, 5.41) is 0. The molecule has 0 heterocycles. The maximum atomic E-state index is 13.2. The van der Waals surface area contributed by atoms with Crippen molar-refractivity contribution in [2.45, 2.75) is 6.10 Å². The van der Waals surface area contributed by atoms with Crippen molar-refractivity contribution in [3.8, 4) is 5.75 Å². The third-order valence-electron chi connectivity index (χ3n) is 2.55. The Kier molecular flexibility index (Phi) is 4.33. The summed E-state index contributed by atoms with van der Waals surface area (Å²) < 4.78 is 19.6. The van der Waals surface area contributed by atoms with Gasteiger partial charge in [0.1, 0.15) is 17.7 Å². The first-order chi connectivity index (χ1) is 8.70. The van der Waals surface area contributed by atoms with Crippen LogP contribution < -0.4 is 10.5 Å². The topological polar surface area (TPSA) is 35.2 Å². The summed E-state index contributed by atoms with van der Waals surface area (Å²) in [6, 6.07) is 14.0. The summed E-state index contributed by atoms with van der Waals surface area (Å²) in [6.45, 7) is 0.326. The third kappa shape index (κ3) is 3.09. The average Bonchev–Trinajstić information content (AvgIpc) is 2.41. The van der Waals surface area contributed by atoms with Crippen molar-refractivity contribution < 1.29 is 9.13 Å². The minimum absolute atomic E-state index is 0.288. The van der Waals surface area contributed by atoms with Crippen molar-refractivity contribution in [1.82, 2.24) is 0 Å². The number of hydrogen-bond donors (Lipinski definition) is 1. The van der Waals surface area contributed by atoms with Gasteiger partial charge in [0.25, 0.3) is 0 Å². The van der Waals surface area contributed by atoms with Crippen LogP contribution in [-0.4, -0.2) is 6.54 Å². The van der Waals surface area contributed by atoms with Crippen LogP contribution in [0.25, 0.3) is 0 Å². The SMILES string of the molecule is NCC(Oc1cc(F)ccc1Br)c1ccccc1. The molecule has 0 aliphatic heterocycles. The molecule has 0 saturated carbocycles. The Morgan fingerprint density at radius 1 is 1.17 bits per heavy atom. The van der Waals surface area contributed by atoms with Crippen molar-refractivity contribution in [2.24, 2.45) is 5.73 Å². The van der Waals surface area contributed by atoms with E-state index in [1.807, 2.05) is 30.3 Å². The van der Waals surface area contributed by atoms with Gasteiger partial charge in [0.15, 0.2) is 0 Å². The number of nitrogens with two attached hydrogens (primary N) is 1. The van der Waals surface area contributed by atoms with Crippen LogP contribution in [0.5, 0.6) is 5.75 Å². The lowest BCUT2D eigenvalue weighted by Crippen LogP contribution is -2.18. The van der Waals surface area contributed by atoms with E-state index in [2.05, 4.69) is 15.9 Å². The molecule has 2 N–H and O–H groups in total. The fraction of sp³-hybridized carbons (Fsp3) is 0.143. The van der Waals surface area contributed by atoms with E-state index in [0.29, 0.717) is 16.8 Å². The zero-order valence-electron chi connectivity index (χ0n) is 9.64. The number of halogens is 2. The summed E-state index contributed by atoms with van der Waals surface area (Å²) in [7, 11) is 0. The van der Waals surface area contributed by atoms with Gasteiger partial charge in [-0.05, 0) is 33.6 Å². The van der Waals surface area contributed by atoms with Crippen molar-refractivity contribution in [3.05, 3.63) is 64.4 Å². The Hall–Kier alpha value is -1.39. The lowest BCUT2D eigenvalue weighted by Gasteiger charge is -2.18. The van der Waals surface area contributed by atoms with Crippen LogP contribution in [-0.2, 0) is 0 Å². The standard InChI is InChI=1S/C14H13BrFNO/c15-12-7-6-11(16)8-13(12)18-14(9-17)10-4-2-1-3-5-10/h1-8,14H,9,17H2. The summed E-state index contributed by atoms with van der Waals surface area (Å²) in [4.78, 5) is 0. The zero-order valence-corrected chi connectivity index (χ0v) is 11.2. The van der Waals surface area contributed by atoms with Crippen LogP contribution >= 0.6 is 15.9 Å². The normalized spacial score (nSPS) is 12.2. The molecule has 0 aliphatic carbocycles. The maximum absolute atomic E-state index is 13.2. The van der Waals surface area contributed by atoms with Crippen LogP contribution in [0.2, 0.25) is 0 Å². The average molecular weight is 310 g/mol. The van der Waals surface area contributed by atoms with Crippen LogP contribution in [0.3, 0.4) is 0 Å². The molecule has 94 valence electrons. The van der Waals surface area contributed by atoms with Gasteiger partial charge in [0.2, 0.25) is 0 Å². The molecule has 2 rings (SSSR count). The van der Waals surface area contributed by atoms with E-state index < -0.39 is 0 Å². The second kappa shape index (κ2) is 5.98. The van der Waals surface area contributed by atoms with E-state index in [4.69, 9.17) is 10.5 Å². The first-order valence-electron chi connectivity index (χ1n) is 5.57. The maximum Gasteiger partial charge on any atom is 0.137 e. The highest BCUT2D eigenvalue weighted by Crippen LogP contribution is 2.29. The summed E-state index contributed by atoms with van der Waals surface area (Å²) >= 11 is 3.33. The van der Waals surface area contributed by atoms with Crippen molar-refractivity contribution >= 4 is 15.9 Å². The van der Waals surface area contributed by atoms with Gasteiger partial charge >= 0.3 is 0 Å². The molecule has 1 atom stereocenters. The molecule has 2 aromatic carbocycles. The Bertz CT molecular complexity index is 518. The summed E-state index contributed by atoms with van der Waals surface area (Å²) in [6.07, 6.45) is -0.288. The molecule has 0 saturated heterocycles. The van der Waals surface area contributed by atoms with Gasteiger partial charge in [-0.3, -0.25) is 0 Å². The molecule has 1 unspecified atom stereocenters. The lowest BCUT2D eigenvalue weighted by molar-refractivity contribution is 0.212. The van der Waals surface area contributed by atoms with Crippen molar-refractivity contribution in [1.29, 1.82) is 0 Å². The molecule has 18 heavy (non-hydrogen) atoms. The predicted molar refractivity (Wildman–Crippen MR) is 73.0 cm³/mol. The Morgan fingerprint density at radius 2 is 1.89 bits per heavy atom. The van der Waals surface area contributed by atoms with Crippen molar-refractivity contribution in [2.75, 3.05) is 6.54 Å². The molecule has 2 aromatic rings. The van der Waals surface area contributed by atoms with E-state index in [0.717, 1.165) is 5.56 Å². The van der Waals surface area contributed by atoms with Gasteiger partial charge in [-0.15, -0.1) is 0 Å². The third-order valence-corrected chi connectivity index (χ3v) is 3.20. The van der Waals surface area contributed by atoms with E-state index in [9.17, 15) is 4.39 Å². The van der Waals surface area contributed by atoms with Crippen LogP contribution in [0.15, 0.2) is 53.0 Å². The van der Waals surface area contributed by atoms with Gasteiger partial charge in [-0.25, -0.2) is 4.39 Å². The second-order valence-electron chi connectivity index (χ2n) is 3.83. The molecule has 0 spiro atoms. The molecule has 0 aromatic heterocycles. The van der Waals surface area contributed by atoms with Gasteiger partial charge in [0.05, 0.1) is 4.47 Å². The largest absolute Gasteiger partial charge is 0.483 e. The number of benzene rings is 2. The van der Waals surface area contributed by atoms with Gasteiger partial charge in [-0.2, -0.15) is 0 Å². The first-order valence-corrected chi connectivity index (χ1v) is 6.36. The minimum Gasteiger partial charge on any atom is -0.483 e. The molecule has 0 fully saturated rings. The second-order valence-corrected chi connectivity index (χ2v) is 4.68. The monoisotopic (exact) mass is 309 g/mol. The molecule has 0 amide bonds. The predicted octanol–water partition coefficient (Wildman–Crippen LogP) is 3.67. The van der Waals surface area contributed by atoms with Gasteiger partial charge < -0.3 is 10.5 Å². The Morgan fingerprint density at radius 3 is 2.56 bits per heavy atom. The molecular weight excluding hydrogens is 297 g/mol. The smallest absolute Gasteiger partial charge is 0.137 e. The van der Waals surface area contributed by atoms with Crippen LogP contribution in [0.1, 0.15) is 11.7 Å². The van der Waals surface area contributed by atoms with E-state index in [-0.39, 0.29) is 11.9 Å². The van der Waals surface area contributed by atoms with E-state index >= 15 is 0 Å². The highest BCUT2D eigenvalue weighted by atomic mass is 79.9. The highest BCUT2D eigenvalue weighted by Gasteiger charge is 2.13. The van der Waals surface area contributed by atoms with Crippen molar-refractivity contribution in [3.63, 3.8) is 0 Å². The molecule has 0 bridgehead atoms. The van der Waals surface area contributed by atoms with Crippen LogP contribution in [0.4, 0.5) is 4.39 Å². The Labute approximate surface area is 114 Å². The number of rotatable bonds is 4. The molecule has 0 aliphatic rings. The number of hydrogen-bond acceptors (Lipinski definition) is 2. The van der Waals surface area contributed by atoms with Crippen LogP contribution in [0, 0.1) is 5.82 Å². The van der Waals surface area contributed by atoms with E-state index in [1.165, 1.54) is 12.1 Å². The molecule has 4 heteroatoms. The first kappa shape index (κ1) is 13.1. The lowest BCUT2D eigenvalue weighted by atomic mass is 10.1. The van der Waals surface area contributed by atoms with Gasteiger partial charge in [0, 0.05) is 12.6 Å². The summed E-state index contributed by atoms with van der Waals surface area (Å²) in [5.41, 5.74) is 6.68.